The Kier molecular flexibility index (Phi) is 4.29. The maximum atomic E-state index is 4.53. The Morgan fingerprint density at radius 2 is 2.00 bits per heavy atom. The average molecular weight is 282 g/mol. The molecule has 0 spiro atoms. The molecule has 98 valence electrons. The SMILES string of the molecule is CCc1nc(C)c(-c2nnc(NCC(C)C)s2)s1. The number of nitrogens with zero attached hydrogens (tertiary/aromatic N) is 3. The molecule has 0 aliphatic heterocycles. The van der Waals surface area contributed by atoms with Gasteiger partial charge in [-0.15, -0.1) is 21.5 Å². The summed E-state index contributed by atoms with van der Waals surface area (Å²) in [6.07, 6.45) is 0.975. The smallest absolute Gasteiger partial charge is 0.206 e. The van der Waals surface area contributed by atoms with Gasteiger partial charge >= 0.3 is 0 Å². The second kappa shape index (κ2) is 5.75. The van der Waals surface area contributed by atoms with Gasteiger partial charge in [0.05, 0.1) is 15.6 Å². The van der Waals surface area contributed by atoms with E-state index < -0.39 is 0 Å². The molecular formula is C12H18N4S2. The normalized spacial score (nSPS) is 11.2. The van der Waals surface area contributed by atoms with Crippen LogP contribution in [-0.2, 0) is 6.42 Å². The summed E-state index contributed by atoms with van der Waals surface area (Å²) in [5.74, 6) is 0.606. The molecule has 0 bridgehead atoms. The van der Waals surface area contributed by atoms with Crippen LogP contribution in [-0.4, -0.2) is 21.7 Å². The molecule has 0 amide bonds. The summed E-state index contributed by atoms with van der Waals surface area (Å²) in [5, 5.41) is 14.8. The van der Waals surface area contributed by atoms with E-state index in [2.05, 4.69) is 41.3 Å². The summed E-state index contributed by atoms with van der Waals surface area (Å²) < 4.78 is 0. The van der Waals surface area contributed by atoms with Gasteiger partial charge in [-0.05, 0) is 19.3 Å². The lowest BCUT2D eigenvalue weighted by atomic mass is 10.2. The van der Waals surface area contributed by atoms with Gasteiger partial charge in [-0.1, -0.05) is 32.1 Å². The largest absolute Gasteiger partial charge is 0.360 e. The van der Waals surface area contributed by atoms with Crippen molar-refractivity contribution in [1.29, 1.82) is 0 Å². The summed E-state index contributed by atoms with van der Waals surface area (Å²) in [7, 11) is 0. The van der Waals surface area contributed by atoms with Crippen molar-refractivity contribution >= 4 is 27.8 Å². The fourth-order valence-electron chi connectivity index (χ4n) is 1.48. The minimum absolute atomic E-state index is 0.606. The van der Waals surface area contributed by atoms with Crippen LogP contribution in [0.2, 0.25) is 0 Å². The molecule has 0 aliphatic rings. The van der Waals surface area contributed by atoms with Crippen LogP contribution in [0.15, 0.2) is 0 Å². The van der Waals surface area contributed by atoms with E-state index in [1.54, 1.807) is 22.7 Å². The first-order valence-corrected chi connectivity index (χ1v) is 7.77. The number of aromatic nitrogens is 3. The van der Waals surface area contributed by atoms with E-state index in [4.69, 9.17) is 0 Å². The van der Waals surface area contributed by atoms with Crippen molar-refractivity contribution in [3.8, 4) is 9.88 Å². The highest BCUT2D eigenvalue weighted by Gasteiger charge is 2.13. The Balaban J connectivity index is 2.15. The molecule has 2 aromatic heterocycles. The molecular weight excluding hydrogens is 264 g/mol. The zero-order valence-electron chi connectivity index (χ0n) is 11.1. The molecule has 0 aromatic carbocycles. The summed E-state index contributed by atoms with van der Waals surface area (Å²) in [4.78, 5) is 5.68. The monoisotopic (exact) mass is 282 g/mol. The van der Waals surface area contributed by atoms with E-state index in [9.17, 15) is 0 Å². The molecule has 2 aromatic rings. The molecule has 0 aliphatic carbocycles. The quantitative estimate of drug-likeness (QED) is 0.910. The second-order valence-electron chi connectivity index (χ2n) is 4.56. The van der Waals surface area contributed by atoms with Gasteiger partial charge in [0.2, 0.25) is 5.13 Å². The summed E-state index contributed by atoms with van der Waals surface area (Å²) in [6, 6.07) is 0. The topological polar surface area (TPSA) is 50.7 Å². The van der Waals surface area contributed by atoms with Crippen molar-refractivity contribution in [1.82, 2.24) is 15.2 Å². The molecule has 2 heterocycles. The molecule has 0 atom stereocenters. The van der Waals surface area contributed by atoms with E-state index in [1.165, 1.54) is 0 Å². The van der Waals surface area contributed by atoms with Crippen LogP contribution in [0.4, 0.5) is 5.13 Å². The summed E-state index contributed by atoms with van der Waals surface area (Å²) in [5.41, 5.74) is 1.06. The van der Waals surface area contributed by atoms with E-state index in [0.717, 1.165) is 38.7 Å². The first kappa shape index (κ1) is 13.4. The lowest BCUT2D eigenvalue weighted by Gasteiger charge is -2.03. The summed E-state index contributed by atoms with van der Waals surface area (Å²) in [6.45, 7) is 9.44. The van der Waals surface area contributed by atoms with Gasteiger partial charge in [-0.2, -0.15) is 0 Å². The molecule has 0 saturated carbocycles. The molecule has 18 heavy (non-hydrogen) atoms. The first-order chi connectivity index (χ1) is 8.60. The fraction of sp³-hybridized carbons (Fsp3) is 0.583. The number of hydrogen-bond donors (Lipinski definition) is 1. The molecule has 0 radical (unpaired) electrons. The minimum atomic E-state index is 0.606. The van der Waals surface area contributed by atoms with Gasteiger partial charge < -0.3 is 5.32 Å². The molecule has 2 rings (SSSR count). The Hall–Kier alpha value is -1.01. The Morgan fingerprint density at radius 3 is 2.61 bits per heavy atom. The van der Waals surface area contributed by atoms with E-state index in [0.29, 0.717) is 5.92 Å². The van der Waals surface area contributed by atoms with E-state index >= 15 is 0 Å². The van der Waals surface area contributed by atoms with Gasteiger partial charge in [0, 0.05) is 6.54 Å². The van der Waals surface area contributed by atoms with E-state index in [1.807, 2.05) is 6.92 Å². The maximum Gasteiger partial charge on any atom is 0.206 e. The number of hydrogen-bond acceptors (Lipinski definition) is 6. The second-order valence-corrected chi connectivity index (χ2v) is 6.62. The third-order valence-electron chi connectivity index (χ3n) is 2.42. The number of rotatable bonds is 5. The zero-order valence-corrected chi connectivity index (χ0v) is 12.8. The van der Waals surface area contributed by atoms with Gasteiger partial charge in [-0.25, -0.2) is 4.98 Å². The maximum absolute atomic E-state index is 4.53. The number of thiazole rings is 1. The minimum Gasteiger partial charge on any atom is -0.360 e. The average Bonchev–Trinajstić information content (AvgIpc) is 2.92. The van der Waals surface area contributed by atoms with E-state index in [-0.39, 0.29) is 0 Å². The van der Waals surface area contributed by atoms with Crippen LogP contribution < -0.4 is 5.32 Å². The van der Waals surface area contributed by atoms with Crippen molar-refractivity contribution in [2.45, 2.75) is 34.1 Å². The van der Waals surface area contributed by atoms with Crippen LogP contribution in [0.3, 0.4) is 0 Å². The molecule has 0 fully saturated rings. The third kappa shape index (κ3) is 3.05. The van der Waals surface area contributed by atoms with Crippen LogP contribution in [0.1, 0.15) is 31.5 Å². The highest BCUT2D eigenvalue weighted by Crippen LogP contribution is 2.33. The Labute approximate surface area is 116 Å². The van der Waals surface area contributed by atoms with Gasteiger partial charge in [0.25, 0.3) is 0 Å². The fourth-order valence-corrected chi connectivity index (χ4v) is 3.36. The van der Waals surface area contributed by atoms with Crippen molar-refractivity contribution in [3.63, 3.8) is 0 Å². The highest BCUT2D eigenvalue weighted by molar-refractivity contribution is 7.23. The first-order valence-electron chi connectivity index (χ1n) is 6.14. The lowest BCUT2D eigenvalue weighted by molar-refractivity contribution is 0.687. The number of nitrogens with one attached hydrogen (secondary N) is 1. The van der Waals surface area contributed by atoms with Crippen LogP contribution in [0.5, 0.6) is 0 Å². The van der Waals surface area contributed by atoms with Crippen molar-refractivity contribution in [3.05, 3.63) is 10.7 Å². The Bertz CT molecular complexity index is 516. The van der Waals surface area contributed by atoms with Crippen LogP contribution in [0.25, 0.3) is 9.88 Å². The predicted octanol–water partition coefficient (Wildman–Crippen LogP) is 3.60. The standard InChI is InChI=1S/C12H18N4S2/c1-5-9-14-8(4)10(17-9)11-15-16-12(18-11)13-6-7(2)3/h7H,5-6H2,1-4H3,(H,13,16). The molecule has 0 saturated heterocycles. The third-order valence-corrected chi connectivity index (χ3v) is 4.76. The van der Waals surface area contributed by atoms with Gasteiger partial charge in [-0.3, -0.25) is 0 Å². The number of aryl methyl sites for hydroxylation is 2. The van der Waals surface area contributed by atoms with Crippen molar-refractivity contribution < 1.29 is 0 Å². The van der Waals surface area contributed by atoms with Crippen LogP contribution in [0, 0.1) is 12.8 Å². The molecule has 0 unspecified atom stereocenters. The molecule has 6 heteroatoms. The highest BCUT2D eigenvalue weighted by atomic mass is 32.1. The van der Waals surface area contributed by atoms with Gasteiger partial charge in [0.15, 0.2) is 5.01 Å². The Morgan fingerprint density at radius 1 is 1.22 bits per heavy atom. The van der Waals surface area contributed by atoms with Crippen LogP contribution >= 0.6 is 22.7 Å². The zero-order chi connectivity index (χ0) is 13.1. The molecule has 4 nitrogen and oxygen atoms in total. The lowest BCUT2D eigenvalue weighted by Crippen LogP contribution is -2.07. The predicted molar refractivity (Wildman–Crippen MR) is 78.5 cm³/mol. The summed E-state index contributed by atoms with van der Waals surface area (Å²) >= 11 is 3.32. The molecule has 1 N–H and O–H groups in total. The van der Waals surface area contributed by atoms with Crippen molar-refractivity contribution in [2.24, 2.45) is 5.92 Å². The van der Waals surface area contributed by atoms with Gasteiger partial charge in [0.1, 0.15) is 0 Å². The van der Waals surface area contributed by atoms with Crippen molar-refractivity contribution in [2.75, 3.05) is 11.9 Å². The number of anilines is 1.